The van der Waals surface area contributed by atoms with Crippen molar-refractivity contribution in [1.29, 1.82) is 0 Å². The van der Waals surface area contributed by atoms with Crippen LogP contribution in [0, 0.1) is 6.92 Å². The predicted octanol–water partition coefficient (Wildman–Crippen LogP) is 2.27. The van der Waals surface area contributed by atoms with Crippen LogP contribution in [0.1, 0.15) is 25.0 Å². The van der Waals surface area contributed by atoms with E-state index in [0.717, 1.165) is 11.1 Å². The molecule has 1 aromatic carbocycles. The van der Waals surface area contributed by atoms with Gasteiger partial charge in [-0.05, 0) is 38.0 Å². The van der Waals surface area contributed by atoms with Crippen LogP contribution >= 0.6 is 0 Å². The summed E-state index contributed by atoms with van der Waals surface area (Å²) in [7, 11) is 0. The minimum Gasteiger partial charge on any atom is -0.374 e. The number of aryl methyl sites for hydroxylation is 1. The Labute approximate surface area is 142 Å². The van der Waals surface area contributed by atoms with Crippen molar-refractivity contribution in [2.24, 2.45) is 0 Å². The molecule has 128 valence electrons. The summed E-state index contributed by atoms with van der Waals surface area (Å²) in [6.07, 6.45) is 1.64. The number of nitrogens with one attached hydrogen (secondary N) is 1. The highest BCUT2D eigenvalue weighted by Gasteiger charge is 2.21. The van der Waals surface area contributed by atoms with E-state index in [2.05, 4.69) is 5.32 Å². The van der Waals surface area contributed by atoms with Gasteiger partial charge in [-0.15, -0.1) is 0 Å². The number of hydrogen-bond acceptors (Lipinski definition) is 3. The normalized spacial score (nSPS) is 11.3. The fraction of sp³-hybridized carbons (Fsp3) is 0.368. The van der Waals surface area contributed by atoms with Gasteiger partial charge >= 0.3 is 0 Å². The van der Waals surface area contributed by atoms with Crippen LogP contribution in [0.2, 0.25) is 0 Å². The lowest BCUT2D eigenvalue weighted by Gasteiger charge is -2.26. The Kier molecular flexibility index (Phi) is 5.93. The number of carbonyl (C=O) groups excluding carboxylic acids is 1. The van der Waals surface area contributed by atoms with Crippen LogP contribution in [0.3, 0.4) is 0 Å². The lowest BCUT2D eigenvalue weighted by molar-refractivity contribution is -0.124. The van der Waals surface area contributed by atoms with Crippen molar-refractivity contribution in [3.63, 3.8) is 0 Å². The zero-order chi connectivity index (χ0) is 17.6. The maximum Gasteiger partial charge on any atom is 0.251 e. The Bertz CT molecular complexity index is 736. The van der Waals surface area contributed by atoms with Crippen molar-refractivity contribution in [1.82, 2.24) is 9.88 Å². The predicted molar refractivity (Wildman–Crippen MR) is 93.8 cm³/mol. The zero-order valence-electron chi connectivity index (χ0n) is 14.4. The molecule has 0 aliphatic carbocycles. The van der Waals surface area contributed by atoms with E-state index < -0.39 is 5.54 Å². The van der Waals surface area contributed by atoms with Crippen molar-refractivity contribution in [2.75, 3.05) is 6.61 Å². The van der Waals surface area contributed by atoms with Crippen molar-refractivity contribution in [2.45, 2.75) is 39.5 Å². The summed E-state index contributed by atoms with van der Waals surface area (Å²) in [5.41, 5.74) is 1.28. The molecule has 0 saturated carbocycles. The molecule has 1 aromatic heterocycles. The lowest BCUT2D eigenvalue weighted by Crippen LogP contribution is -2.48. The van der Waals surface area contributed by atoms with Gasteiger partial charge in [0.15, 0.2) is 0 Å². The number of amides is 1. The fourth-order valence-corrected chi connectivity index (χ4v) is 2.34. The minimum absolute atomic E-state index is 0.00122. The first-order valence-corrected chi connectivity index (χ1v) is 7.95. The molecule has 0 spiro atoms. The standard InChI is InChI=1S/C19H24N2O3/c1-15-9-10-21(18(23)11-15)12-17(22)20-19(2,3)14-24-13-16-7-5-4-6-8-16/h4-11H,12-14H2,1-3H3,(H,20,22). The Morgan fingerprint density at radius 1 is 1.21 bits per heavy atom. The Hall–Kier alpha value is -2.40. The van der Waals surface area contributed by atoms with Gasteiger partial charge in [-0.3, -0.25) is 9.59 Å². The van der Waals surface area contributed by atoms with E-state index in [9.17, 15) is 9.59 Å². The van der Waals surface area contributed by atoms with Gasteiger partial charge in [0.2, 0.25) is 5.91 Å². The Morgan fingerprint density at radius 3 is 2.58 bits per heavy atom. The summed E-state index contributed by atoms with van der Waals surface area (Å²) in [5, 5.41) is 2.91. The summed E-state index contributed by atoms with van der Waals surface area (Å²) >= 11 is 0. The highest BCUT2D eigenvalue weighted by atomic mass is 16.5. The molecule has 0 saturated heterocycles. The molecule has 0 aliphatic rings. The van der Waals surface area contributed by atoms with Crippen LogP contribution in [-0.4, -0.2) is 22.6 Å². The largest absolute Gasteiger partial charge is 0.374 e. The van der Waals surface area contributed by atoms with E-state index in [1.54, 1.807) is 6.20 Å². The molecule has 0 unspecified atom stereocenters. The van der Waals surface area contributed by atoms with Gasteiger partial charge in [0, 0.05) is 12.3 Å². The first-order valence-electron chi connectivity index (χ1n) is 7.95. The zero-order valence-corrected chi connectivity index (χ0v) is 14.4. The Balaban J connectivity index is 1.84. The van der Waals surface area contributed by atoms with Crippen molar-refractivity contribution in [3.05, 3.63) is 70.1 Å². The van der Waals surface area contributed by atoms with Gasteiger partial charge in [0.05, 0.1) is 18.8 Å². The first-order chi connectivity index (χ1) is 11.4. The number of pyridine rings is 1. The van der Waals surface area contributed by atoms with Gasteiger partial charge in [0.25, 0.3) is 5.56 Å². The minimum atomic E-state index is -0.514. The Morgan fingerprint density at radius 2 is 1.92 bits per heavy atom. The van der Waals surface area contributed by atoms with E-state index >= 15 is 0 Å². The molecule has 0 atom stereocenters. The molecule has 5 heteroatoms. The number of hydrogen-bond donors (Lipinski definition) is 1. The summed E-state index contributed by atoms with van der Waals surface area (Å²) in [4.78, 5) is 24.0. The number of carbonyl (C=O) groups is 1. The number of nitrogens with zero attached hydrogens (tertiary/aromatic N) is 1. The summed E-state index contributed by atoms with van der Waals surface area (Å²) in [5.74, 6) is -0.214. The van der Waals surface area contributed by atoms with Crippen LogP contribution < -0.4 is 10.9 Å². The molecule has 2 rings (SSSR count). The maximum absolute atomic E-state index is 12.2. The topological polar surface area (TPSA) is 60.3 Å². The molecule has 2 aromatic rings. The molecule has 0 aliphatic heterocycles. The lowest BCUT2D eigenvalue weighted by atomic mass is 10.1. The third-order valence-corrected chi connectivity index (χ3v) is 3.52. The van der Waals surface area contributed by atoms with E-state index in [4.69, 9.17) is 4.74 Å². The molecule has 0 radical (unpaired) electrons. The highest BCUT2D eigenvalue weighted by molar-refractivity contribution is 5.76. The molecule has 0 bridgehead atoms. The van der Waals surface area contributed by atoms with E-state index in [1.807, 2.05) is 57.2 Å². The maximum atomic E-state index is 12.2. The fourth-order valence-electron chi connectivity index (χ4n) is 2.34. The SMILES string of the molecule is Cc1ccn(CC(=O)NC(C)(C)COCc2ccccc2)c(=O)c1. The quantitative estimate of drug-likeness (QED) is 0.848. The molecule has 0 fully saturated rings. The van der Waals surface area contributed by atoms with Crippen LogP contribution in [0.15, 0.2) is 53.5 Å². The van der Waals surface area contributed by atoms with E-state index in [-0.39, 0.29) is 18.0 Å². The van der Waals surface area contributed by atoms with Crippen LogP contribution in [0.4, 0.5) is 0 Å². The second-order valence-electron chi connectivity index (χ2n) is 6.58. The van der Waals surface area contributed by atoms with Gasteiger partial charge < -0.3 is 14.6 Å². The summed E-state index contributed by atoms with van der Waals surface area (Å²) < 4.78 is 7.08. The number of rotatable bonds is 7. The van der Waals surface area contributed by atoms with E-state index in [1.165, 1.54) is 10.6 Å². The summed E-state index contributed by atoms with van der Waals surface area (Å²) in [6, 6.07) is 13.2. The van der Waals surface area contributed by atoms with Crippen molar-refractivity contribution in [3.8, 4) is 0 Å². The van der Waals surface area contributed by atoms with Gasteiger partial charge in [-0.1, -0.05) is 30.3 Å². The van der Waals surface area contributed by atoms with Gasteiger partial charge in [-0.25, -0.2) is 0 Å². The third kappa shape index (κ3) is 5.66. The number of benzene rings is 1. The number of aromatic nitrogens is 1. The summed E-state index contributed by atoms with van der Waals surface area (Å²) in [6.45, 7) is 6.52. The highest BCUT2D eigenvalue weighted by Crippen LogP contribution is 2.07. The number of ether oxygens (including phenoxy) is 1. The van der Waals surface area contributed by atoms with Gasteiger partial charge in [0.1, 0.15) is 6.54 Å². The molecular formula is C19H24N2O3. The molecule has 24 heavy (non-hydrogen) atoms. The van der Waals surface area contributed by atoms with Crippen LogP contribution in [0.25, 0.3) is 0 Å². The smallest absolute Gasteiger partial charge is 0.251 e. The van der Waals surface area contributed by atoms with E-state index in [0.29, 0.717) is 13.2 Å². The molecule has 1 amide bonds. The van der Waals surface area contributed by atoms with Crippen molar-refractivity contribution >= 4 is 5.91 Å². The molecular weight excluding hydrogens is 304 g/mol. The molecule has 1 N–H and O–H groups in total. The average Bonchev–Trinajstić information content (AvgIpc) is 2.50. The molecule has 5 nitrogen and oxygen atoms in total. The molecule has 1 heterocycles. The third-order valence-electron chi connectivity index (χ3n) is 3.52. The van der Waals surface area contributed by atoms with Gasteiger partial charge in [-0.2, -0.15) is 0 Å². The first kappa shape index (κ1) is 17.9. The second-order valence-corrected chi connectivity index (χ2v) is 6.58. The van der Waals surface area contributed by atoms with Crippen molar-refractivity contribution < 1.29 is 9.53 Å². The van der Waals surface area contributed by atoms with Crippen LogP contribution in [-0.2, 0) is 22.7 Å². The van der Waals surface area contributed by atoms with Crippen LogP contribution in [0.5, 0.6) is 0 Å². The monoisotopic (exact) mass is 328 g/mol. The average molecular weight is 328 g/mol. The second kappa shape index (κ2) is 7.93.